The Balaban J connectivity index is 2.13. The van der Waals surface area contributed by atoms with Gasteiger partial charge >= 0.3 is 6.01 Å². The summed E-state index contributed by atoms with van der Waals surface area (Å²) >= 11 is 0. The molecule has 1 aromatic heterocycles. The van der Waals surface area contributed by atoms with Gasteiger partial charge in [0.15, 0.2) is 0 Å². The first-order valence-electron chi connectivity index (χ1n) is 6.28. The Kier molecular flexibility index (Phi) is 3.28. The highest BCUT2D eigenvalue weighted by molar-refractivity contribution is 5.38. The van der Waals surface area contributed by atoms with Crippen LogP contribution in [0.15, 0.2) is 0 Å². The van der Waals surface area contributed by atoms with Crippen molar-refractivity contribution < 1.29 is 4.74 Å². The van der Waals surface area contributed by atoms with Gasteiger partial charge in [0.2, 0.25) is 11.9 Å². The highest BCUT2D eigenvalue weighted by atomic mass is 16.5. The van der Waals surface area contributed by atoms with Crippen molar-refractivity contribution in [3.8, 4) is 6.01 Å². The summed E-state index contributed by atoms with van der Waals surface area (Å²) in [5.41, 5.74) is 0.325. The molecule has 0 bridgehead atoms. The molecular weight excluding hydrogens is 230 g/mol. The van der Waals surface area contributed by atoms with Crippen molar-refractivity contribution in [2.24, 2.45) is 5.41 Å². The second kappa shape index (κ2) is 4.59. The molecule has 1 aliphatic rings. The van der Waals surface area contributed by atoms with Gasteiger partial charge in [0.25, 0.3) is 0 Å². The predicted molar refractivity (Wildman–Crippen MR) is 70.9 cm³/mol. The van der Waals surface area contributed by atoms with Gasteiger partial charge in [-0.2, -0.15) is 15.0 Å². The van der Waals surface area contributed by atoms with E-state index in [0.717, 1.165) is 6.42 Å². The molecule has 0 aliphatic heterocycles. The van der Waals surface area contributed by atoms with Crippen molar-refractivity contribution >= 4 is 11.9 Å². The summed E-state index contributed by atoms with van der Waals surface area (Å²) in [6.07, 6.45) is 1.18. The molecule has 2 rings (SSSR count). The van der Waals surface area contributed by atoms with Crippen LogP contribution >= 0.6 is 0 Å². The van der Waals surface area contributed by atoms with Crippen LogP contribution < -0.4 is 15.4 Å². The highest BCUT2D eigenvalue weighted by Gasteiger charge is 2.46. The summed E-state index contributed by atoms with van der Waals surface area (Å²) in [5, 5.41) is 6.23. The van der Waals surface area contributed by atoms with Crippen LogP contribution in [-0.2, 0) is 0 Å². The van der Waals surface area contributed by atoms with Crippen molar-refractivity contribution in [2.75, 3.05) is 17.7 Å². The minimum atomic E-state index is 0.0438. The molecule has 0 aromatic carbocycles. The molecule has 0 amide bonds. The lowest BCUT2D eigenvalue weighted by Crippen LogP contribution is -2.15. The third kappa shape index (κ3) is 3.00. The summed E-state index contributed by atoms with van der Waals surface area (Å²) in [7, 11) is 1.78. The van der Waals surface area contributed by atoms with E-state index in [9.17, 15) is 0 Å². The summed E-state index contributed by atoms with van der Waals surface area (Å²) in [5.74, 6) is 1.09. The molecular formula is C12H21N5O. The molecule has 100 valence electrons. The zero-order chi connectivity index (χ0) is 13.3. The number of hydrogen-bond donors (Lipinski definition) is 2. The third-order valence-electron chi connectivity index (χ3n) is 3.00. The molecule has 1 atom stereocenters. The number of nitrogens with one attached hydrogen (secondary N) is 2. The summed E-state index contributed by atoms with van der Waals surface area (Å²) in [6, 6.07) is 0.779. The zero-order valence-electron chi connectivity index (χ0n) is 11.6. The van der Waals surface area contributed by atoms with Crippen LogP contribution in [0.3, 0.4) is 0 Å². The van der Waals surface area contributed by atoms with E-state index in [1.54, 1.807) is 7.05 Å². The molecule has 2 N–H and O–H groups in total. The molecule has 0 radical (unpaired) electrons. The van der Waals surface area contributed by atoms with Gasteiger partial charge in [-0.3, -0.25) is 0 Å². The normalized spacial score (nSPS) is 20.7. The van der Waals surface area contributed by atoms with E-state index in [4.69, 9.17) is 4.74 Å². The predicted octanol–water partition coefficient (Wildman–Crippen LogP) is 1.91. The monoisotopic (exact) mass is 251 g/mol. The van der Waals surface area contributed by atoms with Crippen LogP contribution in [0.25, 0.3) is 0 Å². The fraction of sp³-hybridized carbons (Fsp3) is 0.750. The van der Waals surface area contributed by atoms with Crippen LogP contribution in [0.4, 0.5) is 11.9 Å². The van der Waals surface area contributed by atoms with Crippen LogP contribution in [0.2, 0.25) is 0 Å². The first-order valence-corrected chi connectivity index (χ1v) is 6.28. The molecule has 0 spiro atoms. The maximum absolute atomic E-state index is 5.51. The van der Waals surface area contributed by atoms with Gasteiger partial charge in [-0.15, -0.1) is 0 Å². The van der Waals surface area contributed by atoms with E-state index in [1.807, 2.05) is 13.8 Å². The Morgan fingerprint density at radius 1 is 1.22 bits per heavy atom. The van der Waals surface area contributed by atoms with Gasteiger partial charge in [-0.05, 0) is 25.7 Å². The number of rotatable bonds is 5. The van der Waals surface area contributed by atoms with Crippen LogP contribution in [0.1, 0.15) is 34.1 Å². The van der Waals surface area contributed by atoms with E-state index in [2.05, 4.69) is 39.4 Å². The Hall–Kier alpha value is -1.59. The maximum Gasteiger partial charge on any atom is 0.323 e. The van der Waals surface area contributed by atoms with E-state index in [-0.39, 0.29) is 6.10 Å². The fourth-order valence-corrected chi connectivity index (χ4v) is 1.67. The minimum absolute atomic E-state index is 0.0438. The first-order chi connectivity index (χ1) is 8.40. The molecule has 6 heteroatoms. The van der Waals surface area contributed by atoms with Crippen molar-refractivity contribution in [3.63, 3.8) is 0 Å². The van der Waals surface area contributed by atoms with Crippen LogP contribution in [0, 0.1) is 5.41 Å². The van der Waals surface area contributed by atoms with Crippen LogP contribution in [0.5, 0.6) is 6.01 Å². The SMILES string of the molecule is CNc1nc(NC2CC2(C)C)nc(OC(C)C)n1. The smallest absolute Gasteiger partial charge is 0.323 e. The lowest BCUT2D eigenvalue weighted by molar-refractivity contribution is 0.222. The maximum atomic E-state index is 5.51. The van der Waals surface area contributed by atoms with Gasteiger partial charge in [-0.1, -0.05) is 13.8 Å². The molecule has 6 nitrogen and oxygen atoms in total. The van der Waals surface area contributed by atoms with Gasteiger partial charge in [0.1, 0.15) is 0 Å². The molecule has 1 fully saturated rings. The molecule has 1 unspecified atom stereocenters. The number of hydrogen-bond acceptors (Lipinski definition) is 6. The Bertz CT molecular complexity index is 432. The zero-order valence-corrected chi connectivity index (χ0v) is 11.6. The third-order valence-corrected chi connectivity index (χ3v) is 3.00. The van der Waals surface area contributed by atoms with Gasteiger partial charge in [0, 0.05) is 13.1 Å². The van der Waals surface area contributed by atoms with Gasteiger partial charge in [0.05, 0.1) is 6.10 Å². The largest absolute Gasteiger partial charge is 0.461 e. The van der Waals surface area contributed by atoms with E-state index < -0.39 is 0 Å². The molecule has 1 aromatic rings. The summed E-state index contributed by atoms with van der Waals surface area (Å²) < 4.78 is 5.51. The summed E-state index contributed by atoms with van der Waals surface area (Å²) in [6.45, 7) is 8.33. The molecule has 1 heterocycles. The number of ether oxygens (including phenoxy) is 1. The van der Waals surface area contributed by atoms with E-state index >= 15 is 0 Å². The highest BCUT2D eigenvalue weighted by Crippen LogP contribution is 2.46. The molecule has 1 aliphatic carbocycles. The van der Waals surface area contributed by atoms with Crippen LogP contribution in [-0.4, -0.2) is 34.1 Å². The lowest BCUT2D eigenvalue weighted by atomic mass is 10.2. The summed E-state index contributed by atoms with van der Waals surface area (Å²) in [4.78, 5) is 12.7. The lowest BCUT2D eigenvalue weighted by Gasteiger charge is -2.11. The number of anilines is 2. The Labute approximate surface area is 108 Å². The first kappa shape index (κ1) is 12.9. The topological polar surface area (TPSA) is 72.0 Å². The minimum Gasteiger partial charge on any atom is -0.461 e. The fourth-order valence-electron chi connectivity index (χ4n) is 1.67. The van der Waals surface area contributed by atoms with Gasteiger partial charge < -0.3 is 15.4 Å². The van der Waals surface area contributed by atoms with Gasteiger partial charge in [-0.25, -0.2) is 0 Å². The number of aromatic nitrogens is 3. The quantitative estimate of drug-likeness (QED) is 0.833. The van der Waals surface area contributed by atoms with Crippen molar-refractivity contribution in [2.45, 2.75) is 46.3 Å². The molecule has 0 saturated heterocycles. The Morgan fingerprint density at radius 3 is 2.33 bits per heavy atom. The average Bonchev–Trinajstić information content (AvgIpc) is 2.84. The average molecular weight is 251 g/mol. The molecule has 18 heavy (non-hydrogen) atoms. The second-order valence-electron chi connectivity index (χ2n) is 5.57. The number of nitrogens with zero attached hydrogens (tertiary/aromatic N) is 3. The van der Waals surface area contributed by atoms with Crippen molar-refractivity contribution in [1.82, 2.24) is 15.0 Å². The standard InChI is InChI=1S/C12H21N5O/c1-7(2)18-11-16-9(13-5)15-10(17-11)14-8-6-12(8,3)4/h7-8H,6H2,1-5H3,(H2,13,14,15,16,17). The van der Waals surface area contributed by atoms with E-state index in [0.29, 0.717) is 29.4 Å². The second-order valence-corrected chi connectivity index (χ2v) is 5.57. The van der Waals surface area contributed by atoms with Crippen molar-refractivity contribution in [3.05, 3.63) is 0 Å². The van der Waals surface area contributed by atoms with E-state index in [1.165, 1.54) is 0 Å². The Morgan fingerprint density at radius 2 is 1.83 bits per heavy atom. The molecule has 1 saturated carbocycles. The van der Waals surface area contributed by atoms with Crippen molar-refractivity contribution in [1.29, 1.82) is 0 Å².